The lowest BCUT2D eigenvalue weighted by molar-refractivity contribution is -0.123. The molecule has 4 nitrogen and oxygen atoms in total. The summed E-state index contributed by atoms with van der Waals surface area (Å²) in [5.41, 5.74) is 2.35. The lowest BCUT2D eigenvalue weighted by Crippen LogP contribution is -2.27. The summed E-state index contributed by atoms with van der Waals surface area (Å²) in [6.45, 7) is 0.455. The molecule has 0 atom stereocenters. The standard InChI is InChI=1S/C24H16Br2FNO3S/c25-18-7-4-15(5-8-18)13-28-23(29)22(32-24(28)30)12-16-6-9-21(20(26)11-16)31-14-17-2-1-3-19(27)10-17/h1-12H,13-14H2/b22-12-. The summed E-state index contributed by atoms with van der Waals surface area (Å²) >= 11 is 7.77. The lowest BCUT2D eigenvalue weighted by atomic mass is 10.2. The van der Waals surface area contributed by atoms with E-state index in [1.807, 2.05) is 30.3 Å². The number of hydrogen-bond acceptors (Lipinski definition) is 4. The average Bonchev–Trinajstić information content (AvgIpc) is 3.02. The zero-order valence-corrected chi connectivity index (χ0v) is 20.5. The first-order chi connectivity index (χ1) is 15.4. The maximum atomic E-state index is 13.3. The van der Waals surface area contributed by atoms with Gasteiger partial charge in [-0.05, 0) is 86.9 Å². The van der Waals surface area contributed by atoms with Crippen LogP contribution in [0.1, 0.15) is 16.7 Å². The Morgan fingerprint density at radius 3 is 2.47 bits per heavy atom. The molecule has 1 fully saturated rings. The Hall–Kier alpha value is -2.42. The van der Waals surface area contributed by atoms with Gasteiger partial charge in [0.15, 0.2) is 0 Å². The van der Waals surface area contributed by atoms with E-state index in [1.54, 1.807) is 30.3 Å². The van der Waals surface area contributed by atoms with Gasteiger partial charge in [0.2, 0.25) is 0 Å². The molecule has 2 amide bonds. The van der Waals surface area contributed by atoms with Gasteiger partial charge < -0.3 is 4.74 Å². The smallest absolute Gasteiger partial charge is 0.293 e. The summed E-state index contributed by atoms with van der Waals surface area (Å²) in [5, 5.41) is -0.293. The van der Waals surface area contributed by atoms with Gasteiger partial charge in [-0.15, -0.1) is 0 Å². The van der Waals surface area contributed by atoms with Crippen LogP contribution in [0.3, 0.4) is 0 Å². The summed E-state index contributed by atoms with van der Waals surface area (Å²) in [6, 6.07) is 19.1. The molecule has 8 heteroatoms. The zero-order valence-electron chi connectivity index (χ0n) is 16.6. The number of hydrogen-bond donors (Lipinski definition) is 0. The highest BCUT2D eigenvalue weighted by atomic mass is 79.9. The van der Waals surface area contributed by atoms with Crippen molar-refractivity contribution in [1.29, 1.82) is 0 Å². The fourth-order valence-electron chi connectivity index (χ4n) is 3.07. The third kappa shape index (κ3) is 5.49. The molecule has 3 aromatic carbocycles. The van der Waals surface area contributed by atoms with E-state index in [0.717, 1.165) is 32.9 Å². The Balaban J connectivity index is 1.45. The van der Waals surface area contributed by atoms with Crippen LogP contribution in [0.15, 0.2) is 80.6 Å². The monoisotopic (exact) mass is 575 g/mol. The molecule has 0 unspecified atom stereocenters. The van der Waals surface area contributed by atoms with E-state index < -0.39 is 0 Å². The Morgan fingerprint density at radius 2 is 1.75 bits per heavy atom. The first-order valence-corrected chi connectivity index (χ1v) is 12.0. The van der Waals surface area contributed by atoms with Crippen molar-refractivity contribution in [3.63, 3.8) is 0 Å². The highest BCUT2D eigenvalue weighted by Crippen LogP contribution is 2.35. The summed E-state index contributed by atoms with van der Waals surface area (Å²) in [5.74, 6) is -0.0326. The largest absolute Gasteiger partial charge is 0.488 e. The number of carbonyl (C=O) groups excluding carboxylic acids is 2. The zero-order chi connectivity index (χ0) is 22.7. The molecule has 0 aromatic heterocycles. The van der Waals surface area contributed by atoms with Crippen LogP contribution in [0.25, 0.3) is 6.08 Å². The summed E-state index contributed by atoms with van der Waals surface area (Å²) < 4.78 is 20.7. The number of amides is 2. The van der Waals surface area contributed by atoms with E-state index in [4.69, 9.17) is 4.74 Å². The molecule has 4 rings (SSSR count). The van der Waals surface area contributed by atoms with Crippen LogP contribution >= 0.6 is 43.6 Å². The van der Waals surface area contributed by atoms with Gasteiger partial charge in [-0.3, -0.25) is 14.5 Å². The molecule has 1 saturated heterocycles. The molecule has 1 aliphatic rings. The highest BCUT2D eigenvalue weighted by molar-refractivity contribution is 9.10. The van der Waals surface area contributed by atoms with Crippen LogP contribution < -0.4 is 4.74 Å². The van der Waals surface area contributed by atoms with Crippen LogP contribution in [0.2, 0.25) is 0 Å². The van der Waals surface area contributed by atoms with Crippen LogP contribution in [-0.4, -0.2) is 16.0 Å². The topological polar surface area (TPSA) is 46.6 Å². The lowest BCUT2D eigenvalue weighted by Gasteiger charge is -2.12. The maximum Gasteiger partial charge on any atom is 0.293 e. The summed E-state index contributed by atoms with van der Waals surface area (Å²) in [4.78, 5) is 26.8. The Morgan fingerprint density at radius 1 is 0.969 bits per heavy atom. The Bertz CT molecular complexity index is 1210. The first kappa shape index (κ1) is 22.8. The van der Waals surface area contributed by atoms with Gasteiger partial charge in [0.25, 0.3) is 11.1 Å². The van der Waals surface area contributed by atoms with Crippen molar-refractivity contribution < 1.29 is 18.7 Å². The van der Waals surface area contributed by atoms with E-state index in [0.29, 0.717) is 15.1 Å². The second-order valence-corrected chi connectivity index (χ2v) is 9.77. The van der Waals surface area contributed by atoms with E-state index in [2.05, 4.69) is 31.9 Å². The van der Waals surface area contributed by atoms with E-state index >= 15 is 0 Å². The van der Waals surface area contributed by atoms with Crippen molar-refractivity contribution in [2.75, 3.05) is 0 Å². The molecule has 0 N–H and O–H groups in total. The first-order valence-electron chi connectivity index (χ1n) is 9.55. The fraction of sp³-hybridized carbons (Fsp3) is 0.0833. The fourth-order valence-corrected chi connectivity index (χ4v) is 4.69. The number of halogens is 3. The summed E-state index contributed by atoms with van der Waals surface area (Å²) in [6.07, 6.45) is 1.69. The Kier molecular flexibility index (Phi) is 7.13. The number of ether oxygens (including phenoxy) is 1. The Labute approximate surface area is 205 Å². The second kappa shape index (κ2) is 10.0. The highest BCUT2D eigenvalue weighted by Gasteiger charge is 2.35. The number of carbonyl (C=O) groups is 2. The molecule has 0 bridgehead atoms. The predicted molar refractivity (Wildman–Crippen MR) is 131 cm³/mol. The number of imide groups is 1. The third-order valence-corrected chi connectivity index (χ3v) is 6.72. The van der Waals surface area contributed by atoms with Crippen molar-refractivity contribution in [2.24, 2.45) is 0 Å². The predicted octanol–water partition coefficient (Wildman–Crippen LogP) is 7.17. The minimum absolute atomic E-state index is 0.227. The molecule has 162 valence electrons. The van der Waals surface area contributed by atoms with Gasteiger partial charge in [-0.1, -0.05) is 46.3 Å². The van der Waals surface area contributed by atoms with Gasteiger partial charge in [-0.25, -0.2) is 4.39 Å². The van der Waals surface area contributed by atoms with Gasteiger partial charge in [0.1, 0.15) is 18.2 Å². The van der Waals surface area contributed by atoms with Crippen molar-refractivity contribution in [1.82, 2.24) is 4.90 Å². The normalized spacial score (nSPS) is 15.0. The van der Waals surface area contributed by atoms with Gasteiger partial charge >= 0.3 is 0 Å². The minimum Gasteiger partial charge on any atom is -0.488 e. The van der Waals surface area contributed by atoms with Crippen molar-refractivity contribution in [3.8, 4) is 5.75 Å². The van der Waals surface area contributed by atoms with E-state index in [9.17, 15) is 14.0 Å². The van der Waals surface area contributed by atoms with Crippen LogP contribution in [0, 0.1) is 5.82 Å². The van der Waals surface area contributed by atoms with Crippen LogP contribution in [-0.2, 0) is 17.9 Å². The minimum atomic E-state index is -0.314. The molecule has 3 aromatic rings. The molecular weight excluding hydrogens is 561 g/mol. The maximum absolute atomic E-state index is 13.3. The third-order valence-electron chi connectivity index (χ3n) is 4.66. The molecule has 1 heterocycles. The SMILES string of the molecule is O=C1S/C(=C\c2ccc(OCc3cccc(F)c3)c(Br)c2)C(=O)N1Cc1ccc(Br)cc1. The van der Waals surface area contributed by atoms with Gasteiger partial charge in [-0.2, -0.15) is 0 Å². The number of rotatable bonds is 6. The number of nitrogens with zero attached hydrogens (tertiary/aromatic N) is 1. The number of thioether (sulfide) groups is 1. The van der Waals surface area contributed by atoms with Crippen molar-refractivity contribution in [3.05, 3.63) is 103 Å². The molecule has 0 spiro atoms. The van der Waals surface area contributed by atoms with E-state index in [1.165, 1.54) is 17.0 Å². The molecular formula is C24H16Br2FNO3S. The average molecular weight is 577 g/mol. The van der Waals surface area contributed by atoms with Gasteiger partial charge in [0, 0.05) is 4.47 Å². The molecule has 0 saturated carbocycles. The molecule has 32 heavy (non-hydrogen) atoms. The summed E-state index contributed by atoms with van der Waals surface area (Å²) in [7, 11) is 0. The quantitative estimate of drug-likeness (QED) is 0.292. The van der Waals surface area contributed by atoms with Crippen molar-refractivity contribution in [2.45, 2.75) is 13.2 Å². The van der Waals surface area contributed by atoms with E-state index in [-0.39, 0.29) is 30.1 Å². The molecule has 0 radical (unpaired) electrons. The van der Waals surface area contributed by atoms with Crippen LogP contribution in [0.5, 0.6) is 5.75 Å². The molecule has 0 aliphatic carbocycles. The van der Waals surface area contributed by atoms with Crippen LogP contribution in [0.4, 0.5) is 9.18 Å². The molecule has 1 aliphatic heterocycles. The number of benzene rings is 3. The second-order valence-electron chi connectivity index (χ2n) is 7.00. The van der Waals surface area contributed by atoms with Gasteiger partial charge in [0.05, 0.1) is 15.9 Å². The van der Waals surface area contributed by atoms with Crippen molar-refractivity contribution >= 4 is 60.8 Å².